The molecule has 7 nitrogen and oxygen atoms in total. The van der Waals surface area contributed by atoms with Gasteiger partial charge >= 0.3 is 11.1 Å². The minimum absolute atomic E-state index is 0.0519. The van der Waals surface area contributed by atoms with E-state index in [-0.39, 0.29) is 5.91 Å². The first-order valence-corrected chi connectivity index (χ1v) is 8.50. The number of fused-ring (bicyclic) bond motifs is 1. The number of rotatable bonds is 3. The summed E-state index contributed by atoms with van der Waals surface area (Å²) in [4.78, 5) is 44.9. The summed E-state index contributed by atoms with van der Waals surface area (Å²) < 4.78 is 0. The molecule has 2 aromatic rings. The number of aromatic nitrogens is 2. The minimum Gasteiger partial charge on any atom is -0.337 e. The molecule has 1 aromatic carbocycles. The number of carbonyl (C=O) groups excluding carboxylic acids is 1. The van der Waals surface area contributed by atoms with Crippen molar-refractivity contribution in [3.63, 3.8) is 0 Å². The van der Waals surface area contributed by atoms with Crippen molar-refractivity contribution in [1.29, 1.82) is 0 Å². The molecule has 0 radical (unpaired) electrons. The molecular weight excluding hydrogens is 320 g/mol. The summed E-state index contributed by atoms with van der Waals surface area (Å²) in [5.41, 5.74) is 0.0654. The van der Waals surface area contributed by atoms with Gasteiger partial charge in [0.1, 0.15) is 0 Å². The van der Waals surface area contributed by atoms with Crippen molar-refractivity contribution in [2.45, 2.75) is 19.9 Å². The largest absolute Gasteiger partial charge is 0.337 e. The molecule has 0 aliphatic carbocycles. The molecule has 25 heavy (non-hydrogen) atoms. The third-order valence-electron chi connectivity index (χ3n) is 5.11. The van der Waals surface area contributed by atoms with Crippen LogP contribution in [0.2, 0.25) is 0 Å². The van der Waals surface area contributed by atoms with Crippen molar-refractivity contribution in [2.24, 2.45) is 11.8 Å². The summed E-state index contributed by atoms with van der Waals surface area (Å²) in [5.74, 6) is 0.864. The van der Waals surface area contributed by atoms with Crippen molar-refractivity contribution in [3.8, 4) is 0 Å². The predicted molar refractivity (Wildman–Crippen MR) is 96.9 cm³/mol. The SMILES string of the molecule is CC(C)C1CN(C(=O)c2ccc3[nH]c(=O)c(=O)[nH]c3c2)CC1N(C)C. The molecular formula is C18H24N4O3. The Morgan fingerprint density at radius 2 is 1.76 bits per heavy atom. The molecule has 0 saturated carbocycles. The van der Waals surface area contributed by atoms with Crippen LogP contribution in [0.4, 0.5) is 0 Å². The normalized spacial score (nSPS) is 20.8. The maximum atomic E-state index is 12.9. The Balaban J connectivity index is 1.90. The van der Waals surface area contributed by atoms with Crippen LogP contribution in [-0.4, -0.2) is 58.9 Å². The van der Waals surface area contributed by atoms with Crippen LogP contribution < -0.4 is 11.1 Å². The van der Waals surface area contributed by atoms with E-state index in [1.807, 2.05) is 19.0 Å². The van der Waals surface area contributed by atoms with Crippen LogP contribution in [0.25, 0.3) is 11.0 Å². The van der Waals surface area contributed by atoms with Crippen LogP contribution in [0.15, 0.2) is 27.8 Å². The quantitative estimate of drug-likeness (QED) is 0.809. The van der Waals surface area contributed by atoms with E-state index in [1.165, 1.54) is 0 Å². The third-order valence-corrected chi connectivity index (χ3v) is 5.11. The van der Waals surface area contributed by atoms with Crippen molar-refractivity contribution in [2.75, 3.05) is 27.2 Å². The molecule has 7 heteroatoms. The molecule has 1 fully saturated rings. The number of benzene rings is 1. The van der Waals surface area contributed by atoms with Gasteiger partial charge < -0.3 is 19.8 Å². The summed E-state index contributed by atoms with van der Waals surface area (Å²) in [7, 11) is 4.09. The maximum absolute atomic E-state index is 12.9. The molecule has 2 unspecified atom stereocenters. The fourth-order valence-electron chi connectivity index (χ4n) is 3.61. The molecule has 134 valence electrons. The van der Waals surface area contributed by atoms with E-state index in [1.54, 1.807) is 18.2 Å². The van der Waals surface area contributed by atoms with Gasteiger partial charge in [0.2, 0.25) is 0 Å². The molecule has 1 aliphatic rings. The number of amides is 1. The number of aromatic amines is 2. The first-order valence-electron chi connectivity index (χ1n) is 8.50. The third kappa shape index (κ3) is 3.24. The number of nitrogens with one attached hydrogen (secondary N) is 2. The number of hydrogen-bond acceptors (Lipinski definition) is 4. The molecule has 0 bridgehead atoms. The van der Waals surface area contributed by atoms with Gasteiger partial charge in [-0.3, -0.25) is 14.4 Å². The van der Waals surface area contributed by atoms with Crippen molar-refractivity contribution >= 4 is 16.9 Å². The average Bonchev–Trinajstić information content (AvgIpc) is 3.00. The zero-order valence-electron chi connectivity index (χ0n) is 15.0. The number of H-pyrrole nitrogens is 2. The lowest BCUT2D eigenvalue weighted by atomic mass is 9.91. The summed E-state index contributed by atoms with van der Waals surface area (Å²) >= 11 is 0. The average molecular weight is 344 g/mol. The van der Waals surface area contributed by atoms with Crippen molar-refractivity contribution in [3.05, 3.63) is 44.5 Å². The van der Waals surface area contributed by atoms with E-state index in [0.29, 0.717) is 41.0 Å². The lowest BCUT2D eigenvalue weighted by Gasteiger charge is -2.27. The van der Waals surface area contributed by atoms with Crippen LogP contribution in [0, 0.1) is 11.8 Å². The molecule has 2 atom stereocenters. The van der Waals surface area contributed by atoms with E-state index in [9.17, 15) is 14.4 Å². The second-order valence-corrected chi connectivity index (χ2v) is 7.32. The Morgan fingerprint density at radius 1 is 1.12 bits per heavy atom. The predicted octanol–water partition coefficient (Wildman–Crippen LogP) is 0.875. The van der Waals surface area contributed by atoms with Crippen LogP contribution in [0.3, 0.4) is 0 Å². The summed E-state index contributed by atoms with van der Waals surface area (Å²) in [6, 6.07) is 5.30. The number of likely N-dealkylation sites (N-methyl/N-ethyl adjacent to an activating group) is 1. The van der Waals surface area contributed by atoms with Crippen LogP contribution in [0.5, 0.6) is 0 Å². The Morgan fingerprint density at radius 3 is 2.32 bits per heavy atom. The fraction of sp³-hybridized carbons (Fsp3) is 0.500. The van der Waals surface area contributed by atoms with Crippen LogP contribution >= 0.6 is 0 Å². The lowest BCUT2D eigenvalue weighted by Crippen LogP contribution is -2.37. The van der Waals surface area contributed by atoms with Gasteiger partial charge in [0, 0.05) is 24.7 Å². The molecule has 1 aromatic heterocycles. The maximum Gasteiger partial charge on any atom is 0.314 e. The molecule has 3 rings (SSSR count). The summed E-state index contributed by atoms with van der Waals surface area (Å²) in [5, 5.41) is 0. The zero-order chi connectivity index (χ0) is 18.3. The fourth-order valence-corrected chi connectivity index (χ4v) is 3.61. The zero-order valence-corrected chi connectivity index (χ0v) is 15.0. The van der Waals surface area contributed by atoms with Crippen molar-refractivity contribution < 1.29 is 4.79 Å². The highest BCUT2D eigenvalue weighted by Gasteiger charge is 2.38. The van der Waals surface area contributed by atoms with E-state index >= 15 is 0 Å². The first kappa shape index (κ1) is 17.4. The smallest absolute Gasteiger partial charge is 0.314 e. The molecule has 2 N–H and O–H groups in total. The molecule has 1 amide bonds. The van der Waals surface area contributed by atoms with E-state index in [2.05, 4.69) is 28.7 Å². The Hall–Kier alpha value is -2.41. The number of likely N-dealkylation sites (tertiary alicyclic amines) is 1. The monoisotopic (exact) mass is 344 g/mol. The molecule has 0 spiro atoms. The van der Waals surface area contributed by atoms with Gasteiger partial charge in [-0.1, -0.05) is 13.8 Å². The molecule has 1 aliphatic heterocycles. The Labute approximate surface area is 145 Å². The van der Waals surface area contributed by atoms with Crippen LogP contribution in [-0.2, 0) is 0 Å². The number of carbonyl (C=O) groups is 1. The summed E-state index contributed by atoms with van der Waals surface area (Å²) in [6.45, 7) is 5.78. The van der Waals surface area contributed by atoms with Gasteiger partial charge in [0.05, 0.1) is 11.0 Å². The highest BCUT2D eigenvalue weighted by atomic mass is 16.2. The highest BCUT2D eigenvalue weighted by Crippen LogP contribution is 2.28. The molecule has 1 saturated heterocycles. The standard InChI is InChI=1S/C18H24N4O3/c1-10(2)12-8-22(9-15(12)21(3)4)18(25)11-5-6-13-14(7-11)20-17(24)16(23)19-13/h5-7,10,12,15H,8-9H2,1-4H3,(H,19,23)(H,20,24). The van der Waals surface area contributed by atoms with Gasteiger partial charge in [-0.25, -0.2) is 0 Å². The Bertz CT molecular complexity index is 896. The van der Waals surface area contributed by atoms with Crippen LogP contribution in [0.1, 0.15) is 24.2 Å². The topological polar surface area (TPSA) is 89.3 Å². The highest BCUT2D eigenvalue weighted by molar-refractivity contribution is 5.97. The van der Waals surface area contributed by atoms with Gasteiger partial charge in [-0.05, 0) is 44.1 Å². The van der Waals surface area contributed by atoms with Crippen molar-refractivity contribution in [1.82, 2.24) is 19.8 Å². The second kappa shape index (κ2) is 6.48. The Kier molecular flexibility index (Phi) is 4.51. The van der Waals surface area contributed by atoms with E-state index in [0.717, 1.165) is 6.54 Å². The lowest BCUT2D eigenvalue weighted by molar-refractivity contribution is 0.0780. The number of hydrogen-bond donors (Lipinski definition) is 2. The van der Waals surface area contributed by atoms with Gasteiger partial charge in [0.25, 0.3) is 5.91 Å². The van der Waals surface area contributed by atoms with Gasteiger partial charge in [0.15, 0.2) is 0 Å². The number of nitrogens with zero attached hydrogens (tertiary/aromatic N) is 2. The minimum atomic E-state index is -0.717. The van der Waals surface area contributed by atoms with Gasteiger partial charge in [-0.2, -0.15) is 0 Å². The van der Waals surface area contributed by atoms with Gasteiger partial charge in [-0.15, -0.1) is 0 Å². The van der Waals surface area contributed by atoms with E-state index < -0.39 is 11.1 Å². The summed E-state index contributed by atoms with van der Waals surface area (Å²) in [6.07, 6.45) is 0. The van der Waals surface area contributed by atoms with E-state index in [4.69, 9.17) is 0 Å². The second-order valence-electron chi connectivity index (χ2n) is 7.32. The first-order chi connectivity index (χ1) is 11.8. The molecule has 2 heterocycles.